The molecule has 0 spiro atoms. The number of piperazine rings is 1. The summed E-state index contributed by atoms with van der Waals surface area (Å²) in [4.78, 5) is 2.55. The lowest BCUT2D eigenvalue weighted by Gasteiger charge is -2.35. The summed E-state index contributed by atoms with van der Waals surface area (Å²) in [5.74, 6) is 0. The van der Waals surface area contributed by atoms with Crippen molar-refractivity contribution in [2.45, 2.75) is 31.9 Å². The van der Waals surface area contributed by atoms with Gasteiger partial charge in [0, 0.05) is 38.8 Å². The van der Waals surface area contributed by atoms with E-state index in [0.717, 1.165) is 26.2 Å². The van der Waals surface area contributed by atoms with E-state index in [2.05, 4.69) is 17.1 Å². The van der Waals surface area contributed by atoms with Crippen LogP contribution in [0.15, 0.2) is 0 Å². The van der Waals surface area contributed by atoms with Crippen LogP contribution in [0.3, 0.4) is 0 Å². The molecule has 0 aromatic carbocycles. The first kappa shape index (κ1) is 9.44. The van der Waals surface area contributed by atoms with Gasteiger partial charge in [-0.3, -0.25) is 4.90 Å². The molecule has 1 N–H and O–H groups in total. The number of nitrogens with zero attached hydrogens (tertiary/aromatic N) is 1. The number of hydrogen-bond acceptors (Lipinski definition) is 3. The molecule has 3 heteroatoms. The van der Waals surface area contributed by atoms with E-state index in [9.17, 15) is 0 Å². The molecule has 76 valence electrons. The highest BCUT2D eigenvalue weighted by Gasteiger charge is 2.23. The van der Waals surface area contributed by atoms with E-state index in [-0.39, 0.29) is 0 Å². The van der Waals surface area contributed by atoms with Crippen molar-refractivity contribution < 1.29 is 4.74 Å². The molecule has 2 aliphatic rings. The van der Waals surface area contributed by atoms with Gasteiger partial charge in [-0.25, -0.2) is 0 Å². The molecule has 0 aliphatic carbocycles. The van der Waals surface area contributed by atoms with E-state index in [1.54, 1.807) is 0 Å². The molecule has 2 atom stereocenters. The van der Waals surface area contributed by atoms with Crippen molar-refractivity contribution in [2.24, 2.45) is 0 Å². The second-order valence-corrected chi connectivity index (χ2v) is 4.18. The summed E-state index contributed by atoms with van der Waals surface area (Å²) in [6.45, 7) is 7.86. The molecule has 2 heterocycles. The fourth-order valence-corrected chi connectivity index (χ4v) is 2.20. The lowest BCUT2D eigenvalue weighted by atomic mass is 10.1. The second-order valence-electron chi connectivity index (χ2n) is 4.18. The molecule has 0 unspecified atom stereocenters. The van der Waals surface area contributed by atoms with E-state index in [0.29, 0.717) is 12.1 Å². The SMILES string of the molecule is C[C@H]1CNCCN1C[C@@H]1CCCO1. The van der Waals surface area contributed by atoms with Crippen molar-refractivity contribution in [3.05, 3.63) is 0 Å². The maximum absolute atomic E-state index is 5.64. The van der Waals surface area contributed by atoms with Crippen molar-refractivity contribution in [3.63, 3.8) is 0 Å². The number of ether oxygens (including phenoxy) is 1. The molecular formula is C10H20N2O. The Morgan fingerprint density at radius 2 is 2.46 bits per heavy atom. The summed E-state index contributed by atoms with van der Waals surface area (Å²) < 4.78 is 5.64. The zero-order chi connectivity index (χ0) is 9.10. The number of nitrogens with one attached hydrogen (secondary N) is 1. The van der Waals surface area contributed by atoms with Gasteiger partial charge in [0.2, 0.25) is 0 Å². The van der Waals surface area contributed by atoms with Gasteiger partial charge in [-0.2, -0.15) is 0 Å². The molecule has 0 aromatic rings. The topological polar surface area (TPSA) is 24.5 Å². The van der Waals surface area contributed by atoms with Gasteiger partial charge in [0.25, 0.3) is 0 Å². The molecule has 2 rings (SSSR count). The van der Waals surface area contributed by atoms with Crippen LogP contribution in [0.5, 0.6) is 0 Å². The Kier molecular flexibility index (Phi) is 3.19. The fourth-order valence-electron chi connectivity index (χ4n) is 2.20. The van der Waals surface area contributed by atoms with Gasteiger partial charge < -0.3 is 10.1 Å². The summed E-state index contributed by atoms with van der Waals surface area (Å²) >= 11 is 0. The minimum absolute atomic E-state index is 0.514. The molecule has 3 nitrogen and oxygen atoms in total. The Bertz CT molecular complexity index is 157. The van der Waals surface area contributed by atoms with Gasteiger partial charge >= 0.3 is 0 Å². The zero-order valence-corrected chi connectivity index (χ0v) is 8.46. The predicted octanol–water partition coefficient (Wildman–Crippen LogP) is 0.459. The Labute approximate surface area is 80.4 Å². The Morgan fingerprint density at radius 1 is 1.54 bits per heavy atom. The first-order valence-corrected chi connectivity index (χ1v) is 5.42. The third-order valence-corrected chi connectivity index (χ3v) is 3.10. The van der Waals surface area contributed by atoms with Crippen LogP contribution in [0, 0.1) is 0 Å². The predicted molar refractivity (Wildman–Crippen MR) is 52.9 cm³/mol. The summed E-state index contributed by atoms with van der Waals surface area (Å²) in [5, 5.41) is 3.41. The molecule has 0 aromatic heterocycles. The minimum atomic E-state index is 0.514. The van der Waals surface area contributed by atoms with Gasteiger partial charge in [-0.15, -0.1) is 0 Å². The molecule has 0 saturated carbocycles. The molecule has 13 heavy (non-hydrogen) atoms. The van der Waals surface area contributed by atoms with Crippen LogP contribution in [-0.4, -0.2) is 49.8 Å². The smallest absolute Gasteiger partial charge is 0.0702 e. The van der Waals surface area contributed by atoms with Crippen LogP contribution >= 0.6 is 0 Å². The molecular weight excluding hydrogens is 164 g/mol. The summed E-state index contributed by atoms with van der Waals surface area (Å²) in [7, 11) is 0. The highest BCUT2D eigenvalue weighted by Crippen LogP contribution is 2.15. The van der Waals surface area contributed by atoms with Crippen molar-refractivity contribution in [3.8, 4) is 0 Å². The van der Waals surface area contributed by atoms with Gasteiger partial charge in [-0.05, 0) is 19.8 Å². The number of rotatable bonds is 2. The Hall–Kier alpha value is -0.120. The lowest BCUT2D eigenvalue weighted by molar-refractivity contribution is 0.0526. The van der Waals surface area contributed by atoms with Crippen LogP contribution in [0.4, 0.5) is 0 Å². The molecule has 0 bridgehead atoms. The molecule has 2 fully saturated rings. The molecule has 0 amide bonds. The highest BCUT2D eigenvalue weighted by molar-refractivity contribution is 4.79. The standard InChI is InChI=1S/C10H20N2O/c1-9-7-11-4-5-12(9)8-10-3-2-6-13-10/h9-11H,2-8H2,1H3/t9-,10-/m0/s1. The van der Waals surface area contributed by atoms with Gasteiger partial charge in [-0.1, -0.05) is 0 Å². The Morgan fingerprint density at radius 3 is 3.15 bits per heavy atom. The third-order valence-electron chi connectivity index (χ3n) is 3.10. The first-order valence-electron chi connectivity index (χ1n) is 5.42. The van der Waals surface area contributed by atoms with Gasteiger partial charge in [0.15, 0.2) is 0 Å². The van der Waals surface area contributed by atoms with E-state index >= 15 is 0 Å². The average molecular weight is 184 g/mol. The number of hydrogen-bond donors (Lipinski definition) is 1. The van der Waals surface area contributed by atoms with Crippen LogP contribution in [0.2, 0.25) is 0 Å². The van der Waals surface area contributed by atoms with Gasteiger partial charge in [0.1, 0.15) is 0 Å². The Balaban J connectivity index is 1.78. The monoisotopic (exact) mass is 184 g/mol. The summed E-state index contributed by atoms with van der Waals surface area (Å²) in [6, 6.07) is 0.679. The quantitative estimate of drug-likeness (QED) is 0.675. The molecule has 2 saturated heterocycles. The molecule has 0 radical (unpaired) electrons. The third kappa shape index (κ3) is 2.42. The van der Waals surface area contributed by atoms with Crippen LogP contribution in [0.1, 0.15) is 19.8 Å². The lowest BCUT2D eigenvalue weighted by Crippen LogP contribution is -2.51. The first-order chi connectivity index (χ1) is 6.36. The summed E-state index contributed by atoms with van der Waals surface area (Å²) in [6.07, 6.45) is 3.03. The largest absolute Gasteiger partial charge is 0.377 e. The molecule has 2 aliphatic heterocycles. The maximum Gasteiger partial charge on any atom is 0.0702 e. The minimum Gasteiger partial charge on any atom is -0.377 e. The van der Waals surface area contributed by atoms with E-state index < -0.39 is 0 Å². The van der Waals surface area contributed by atoms with Crippen LogP contribution in [0.25, 0.3) is 0 Å². The fraction of sp³-hybridized carbons (Fsp3) is 1.00. The second kappa shape index (κ2) is 4.40. The normalized spacial score (nSPS) is 36.7. The van der Waals surface area contributed by atoms with E-state index in [1.165, 1.54) is 19.4 Å². The van der Waals surface area contributed by atoms with Crippen molar-refractivity contribution >= 4 is 0 Å². The highest BCUT2D eigenvalue weighted by atomic mass is 16.5. The van der Waals surface area contributed by atoms with Crippen molar-refractivity contribution in [2.75, 3.05) is 32.8 Å². The van der Waals surface area contributed by atoms with E-state index in [1.807, 2.05) is 0 Å². The van der Waals surface area contributed by atoms with Gasteiger partial charge in [0.05, 0.1) is 6.10 Å². The maximum atomic E-state index is 5.64. The average Bonchev–Trinajstić information content (AvgIpc) is 2.61. The summed E-state index contributed by atoms with van der Waals surface area (Å²) in [5.41, 5.74) is 0. The van der Waals surface area contributed by atoms with E-state index in [4.69, 9.17) is 4.74 Å². The van der Waals surface area contributed by atoms with Crippen molar-refractivity contribution in [1.82, 2.24) is 10.2 Å². The van der Waals surface area contributed by atoms with Crippen LogP contribution in [-0.2, 0) is 4.74 Å². The zero-order valence-electron chi connectivity index (χ0n) is 8.46. The van der Waals surface area contributed by atoms with Crippen LogP contribution < -0.4 is 5.32 Å². The van der Waals surface area contributed by atoms with Crippen molar-refractivity contribution in [1.29, 1.82) is 0 Å².